The summed E-state index contributed by atoms with van der Waals surface area (Å²) in [6, 6.07) is 10.7. The van der Waals surface area contributed by atoms with Gasteiger partial charge in [0.2, 0.25) is 5.91 Å². The second-order valence-electron chi connectivity index (χ2n) is 6.25. The summed E-state index contributed by atoms with van der Waals surface area (Å²) < 4.78 is 0. The number of carbonyl (C=O) groups excluding carboxylic acids is 1. The predicted octanol–water partition coefficient (Wildman–Crippen LogP) is 2.31. The highest BCUT2D eigenvalue weighted by atomic mass is 16.2. The van der Waals surface area contributed by atoms with Gasteiger partial charge in [-0.3, -0.25) is 9.78 Å². The zero-order chi connectivity index (χ0) is 14.6. The molecule has 1 amide bonds. The van der Waals surface area contributed by atoms with Gasteiger partial charge in [-0.15, -0.1) is 0 Å². The molecule has 2 aliphatic rings. The first-order valence-electron chi connectivity index (χ1n) is 7.57. The summed E-state index contributed by atoms with van der Waals surface area (Å²) in [6.45, 7) is 1.99. The van der Waals surface area contributed by atoms with Crippen LogP contribution in [0.4, 0.5) is 0 Å². The molecule has 1 aromatic heterocycles. The van der Waals surface area contributed by atoms with Gasteiger partial charge in [-0.2, -0.15) is 0 Å². The highest BCUT2D eigenvalue weighted by molar-refractivity contribution is 5.83. The summed E-state index contributed by atoms with van der Waals surface area (Å²) in [5.74, 6) is 0.206. The van der Waals surface area contributed by atoms with E-state index in [0.29, 0.717) is 12.5 Å². The lowest BCUT2D eigenvalue weighted by Gasteiger charge is -2.27. The van der Waals surface area contributed by atoms with E-state index in [-0.39, 0.29) is 18.0 Å². The average Bonchev–Trinajstić information content (AvgIpc) is 3.24. The number of hydrogen-bond acceptors (Lipinski definition) is 3. The van der Waals surface area contributed by atoms with E-state index in [0.717, 1.165) is 35.0 Å². The SMILES string of the molecule is Cc1ccc2cc(C3C(N)CC(=O)N3C3CC3)ccc2n1. The van der Waals surface area contributed by atoms with Gasteiger partial charge >= 0.3 is 0 Å². The summed E-state index contributed by atoms with van der Waals surface area (Å²) in [4.78, 5) is 18.7. The molecule has 1 aliphatic carbocycles. The monoisotopic (exact) mass is 281 g/mol. The van der Waals surface area contributed by atoms with Crippen molar-refractivity contribution in [3.63, 3.8) is 0 Å². The second kappa shape index (κ2) is 4.53. The van der Waals surface area contributed by atoms with E-state index >= 15 is 0 Å². The number of rotatable bonds is 2. The van der Waals surface area contributed by atoms with Gasteiger partial charge < -0.3 is 10.6 Å². The first-order valence-corrected chi connectivity index (χ1v) is 7.57. The molecule has 2 heterocycles. The lowest BCUT2D eigenvalue weighted by Crippen LogP contribution is -2.34. The Balaban J connectivity index is 1.77. The lowest BCUT2D eigenvalue weighted by atomic mass is 9.98. The van der Waals surface area contributed by atoms with E-state index in [1.165, 1.54) is 0 Å². The van der Waals surface area contributed by atoms with Crippen LogP contribution in [0.25, 0.3) is 10.9 Å². The smallest absolute Gasteiger partial charge is 0.225 e. The first kappa shape index (κ1) is 12.8. The molecule has 2 N–H and O–H groups in total. The largest absolute Gasteiger partial charge is 0.331 e. The Morgan fingerprint density at radius 1 is 1.24 bits per heavy atom. The minimum atomic E-state index is -0.103. The standard InChI is InChI=1S/C17H19N3O/c1-10-2-3-11-8-12(4-7-15(11)19-10)17-14(18)9-16(21)20(17)13-5-6-13/h2-4,7-8,13-14,17H,5-6,9,18H2,1H3. The van der Waals surface area contributed by atoms with Crippen molar-refractivity contribution in [3.05, 3.63) is 41.6 Å². The zero-order valence-corrected chi connectivity index (χ0v) is 12.1. The van der Waals surface area contributed by atoms with Crippen molar-refractivity contribution in [2.75, 3.05) is 0 Å². The zero-order valence-electron chi connectivity index (χ0n) is 12.1. The normalized spacial score (nSPS) is 25.8. The molecule has 1 aromatic carbocycles. The van der Waals surface area contributed by atoms with E-state index in [4.69, 9.17) is 5.73 Å². The van der Waals surface area contributed by atoms with Crippen LogP contribution in [0.15, 0.2) is 30.3 Å². The molecular formula is C17H19N3O. The van der Waals surface area contributed by atoms with Gasteiger partial charge in [0, 0.05) is 29.6 Å². The van der Waals surface area contributed by atoms with Crippen molar-refractivity contribution in [3.8, 4) is 0 Å². The minimum absolute atomic E-state index is 0.0238. The summed E-state index contributed by atoms with van der Waals surface area (Å²) >= 11 is 0. The van der Waals surface area contributed by atoms with E-state index < -0.39 is 0 Å². The molecular weight excluding hydrogens is 262 g/mol. The number of carbonyl (C=O) groups is 1. The lowest BCUT2D eigenvalue weighted by molar-refractivity contribution is -0.129. The molecule has 0 bridgehead atoms. The molecule has 4 heteroatoms. The van der Waals surface area contributed by atoms with Crippen molar-refractivity contribution in [1.29, 1.82) is 0 Å². The molecule has 2 aromatic rings. The van der Waals surface area contributed by atoms with E-state index in [1.807, 2.05) is 24.0 Å². The van der Waals surface area contributed by atoms with Gasteiger partial charge in [0.05, 0.1) is 11.6 Å². The van der Waals surface area contributed by atoms with Crippen LogP contribution in [0.1, 0.15) is 36.6 Å². The van der Waals surface area contributed by atoms with Gasteiger partial charge in [0.1, 0.15) is 0 Å². The maximum atomic E-state index is 12.2. The van der Waals surface area contributed by atoms with Crippen molar-refractivity contribution in [1.82, 2.24) is 9.88 Å². The van der Waals surface area contributed by atoms with Crippen LogP contribution in [0, 0.1) is 6.92 Å². The molecule has 0 spiro atoms. The number of nitrogens with zero attached hydrogens (tertiary/aromatic N) is 2. The van der Waals surface area contributed by atoms with Gasteiger partial charge in [0.25, 0.3) is 0 Å². The maximum absolute atomic E-state index is 12.2. The Labute approximate surface area is 124 Å². The molecule has 2 fully saturated rings. The van der Waals surface area contributed by atoms with Crippen molar-refractivity contribution in [2.24, 2.45) is 5.73 Å². The fourth-order valence-corrected chi connectivity index (χ4v) is 3.40. The quantitative estimate of drug-likeness (QED) is 0.919. The number of pyridine rings is 1. The van der Waals surface area contributed by atoms with E-state index in [2.05, 4.69) is 23.2 Å². The number of benzene rings is 1. The van der Waals surface area contributed by atoms with Gasteiger partial charge in [-0.05, 0) is 43.5 Å². The molecule has 0 radical (unpaired) electrons. The molecule has 108 valence electrons. The molecule has 21 heavy (non-hydrogen) atoms. The highest BCUT2D eigenvalue weighted by Crippen LogP contribution is 2.41. The van der Waals surface area contributed by atoms with Crippen LogP contribution in [-0.2, 0) is 4.79 Å². The molecule has 4 rings (SSSR count). The summed E-state index contributed by atoms with van der Waals surface area (Å²) in [5.41, 5.74) is 9.40. The second-order valence-corrected chi connectivity index (χ2v) is 6.25. The van der Waals surface area contributed by atoms with E-state index in [9.17, 15) is 4.79 Å². The Bertz CT molecular complexity index is 723. The average molecular weight is 281 g/mol. The van der Waals surface area contributed by atoms with Crippen LogP contribution < -0.4 is 5.73 Å². The van der Waals surface area contributed by atoms with Crippen LogP contribution in [0.5, 0.6) is 0 Å². The number of fused-ring (bicyclic) bond motifs is 1. The maximum Gasteiger partial charge on any atom is 0.225 e. The number of hydrogen-bond donors (Lipinski definition) is 1. The molecule has 2 atom stereocenters. The molecule has 1 saturated carbocycles. The Morgan fingerprint density at radius 3 is 2.81 bits per heavy atom. The number of aromatic nitrogens is 1. The minimum Gasteiger partial charge on any atom is -0.331 e. The third kappa shape index (κ3) is 2.10. The molecule has 1 saturated heterocycles. The fraction of sp³-hybridized carbons (Fsp3) is 0.412. The van der Waals surface area contributed by atoms with Crippen LogP contribution >= 0.6 is 0 Å². The summed E-state index contributed by atoms with van der Waals surface area (Å²) in [5, 5.41) is 1.11. The number of aryl methyl sites for hydroxylation is 1. The molecule has 2 unspecified atom stereocenters. The number of likely N-dealkylation sites (tertiary alicyclic amines) is 1. The van der Waals surface area contributed by atoms with Crippen LogP contribution in [0.3, 0.4) is 0 Å². The molecule has 1 aliphatic heterocycles. The fourth-order valence-electron chi connectivity index (χ4n) is 3.40. The summed E-state index contributed by atoms with van der Waals surface area (Å²) in [7, 11) is 0. The van der Waals surface area contributed by atoms with Crippen molar-refractivity contribution >= 4 is 16.8 Å². The van der Waals surface area contributed by atoms with Crippen LogP contribution in [-0.4, -0.2) is 27.9 Å². The topological polar surface area (TPSA) is 59.2 Å². The Kier molecular flexibility index (Phi) is 2.76. The van der Waals surface area contributed by atoms with Crippen molar-refractivity contribution < 1.29 is 4.79 Å². The number of nitrogens with two attached hydrogens (primary N) is 1. The highest BCUT2D eigenvalue weighted by Gasteiger charge is 2.45. The predicted molar refractivity (Wildman–Crippen MR) is 81.7 cm³/mol. The van der Waals surface area contributed by atoms with Crippen LogP contribution in [0.2, 0.25) is 0 Å². The third-order valence-electron chi connectivity index (χ3n) is 4.54. The first-order chi connectivity index (χ1) is 10.1. The third-order valence-corrected chi connectivity index (χ3v) is 4.54. The number of amides is 1. The Morgan fingerprint density at radius 2 is 2.05 bits per heavy atom. The van der Waals surface area contributed by atoms with Gasteiger partial charge in [-0.1, -0.05) is 12.1 Å². The van der Waals surface area contributed by atoms with E-state index in [1.54, 1.807) is 0 Å². The van der Waals surface area contributed by atoms with Crippen molar-refractivity contribution in [2.45, 2.75) is 44.3 Å². The molecule has 4 nitrogen and oxygen atoms in total. The van der Waals surface area contributed by atoms with Gasteiger partial charge in [-0.25, -0.2) is 0 Å². The Hall–Kier alpha value is -1.94. The van der Waals surface area contributed by atoms with Gasteiger partial charge in [0.15, 0.2) is 0 Å². The summed E-state index contributed by atoms with van der Waals surface area (Å²) in [6.07, 6.45) is 2.69.